The Kier molecular flexibility index (Phi) is 12.9. The van der Waals surface area contributed by atoms with Gasteiger partial charge in [0, 0.05) is 27.8 Å². The first-order valence-corrected chi connectivity index (χ1v) is 13.4. The lowest BCUT2D eigenvalue weighted by Crippen LogP contribution is -2.09. The first-order chi connectivity index (χ1) is 17.9. The number of benzene rings is 3. The van der Waals surface area contributed by atoms with Crippen molar-refractivity contribution in [3.63, 3.8) is 0 Å². The molecule has 3 aromatic rings. The smallest absolute Gasteiger partial charge is 0.179 e. The summed E-state index contributed by atoms with van der Waals surface area (Å²) in [6, 6.07) is 18.0. The molecular formula is C27H28ClN3O4S2. The first kappa shape index (κ1) is 30.1. The molecular weight excluding hydrogens is 530 g/mol. The van der Waals surface area contributed by atoms with Crippen LogP contribution >= 0.6 is 35.1 Å². The average molecular weight is 558 g/mol. The van der Waals surface area contributed by atoms with Crippen LogP contribution in [0.5, 0.6) is 17.2 Å². The molecule has 2 N–H and O–H groups in total. The van der Waals surface area contributed by atoms with Crippen LogP contribution in [0.2, 0.25) is 5.02 Å². The molecule has 0 saturated heterocycles. The Morgan fingerprint density at radius 1 is 1.11 bits per heavy atom. The van der Waals surface area contributed by atoms with Crippen molar-refractivity contribution in [2.75, 3.05) is 25.8 Å². The molecule has 37 heavy (non-hydrogen) atoms. The van der Waals surface area contributed by atoms with Crippen LogP contribution < -0.4 is 19.9 Å². The number of nitriles is 1. The van der Waals surface area contributed by atoms with Crippen molar-refractivity contribution >= 4 is 53.8 Å². The number of ether oxygens (including phenoxy) is 3. The molecule has 0 aromatic heterocycles. The van der Waals surface area contributed by atoms with Crippen LogP contribution in [0.25, 0.3) is 0 Å². The number of methoxy groups -OCH3 is 2. The normalized spacial score (nSPS) is 10.8. The lowest BCUT2D eigenvalue weighted by atomic mass is 10.1. The number of hydrogen-bond acceptors (Lipinski definition) is 9. The van der Waals surface area contributed by atoms with Gasteiger partial charge in [0.25, 0.3) is 0 Å². The first-order valence-electron chi connectivity index (χ1n) is 11.0. The number of thioether (sulfide) groups is 2. The number of hydrogen-bond donors (Lipinski definition) is 1. The van der Waals surface area contributed by atoms with Gasteiger partial charge in [-0.05, 0) is 48.4 Å². The standard InChI is InChI=1S/C17H14ClNO2S.C10H14N2O2S/c1-2-22-15-7-4-12(5-8-15)17(11-20)21-14-6-3-13(10-19)16(18)9-14;1-12-7-4-8(13-2)9(14-3)5-10(7)15-6-11/h3-9,11,17H,2H2,1H3;4-5H,1,6,11H2,2-3H3. The molecule has 0 aliphatic heterocycles. The zero-order valence-electron chi connectivity index (χ0n) is 20.8. The van der Waals surface area contributed by atoms with Gasteiger partial charge in [-0.25, -0.2) is 0 Å². The number of aliphatic imine (C=N–C) groups is 1. The van der Waals surface area contributed by atoms with Crippen molar-refractivity contribution in [1.82, 2.24) is 0 Å². The number of carbonyl (C=O) groups excluding carboxylic acids is 1. The highest BCUT2D eigenvalue weighted by molar-refractivity contribution is 7.99. The van der Waals surface area contributed by atoms with Gasteiger partial charge in [-0.1, -0.05) is 30.7 Å². The molecule has 194 valence electrons. The van der Waals surface area contributed by atoms with E-state index in [0.29, 0.717) is 33.7 Å². The third-order valence-electron chi connectivity index (χ3n) is 4.84. The molecule has 10 heteroatoms. The summed E-state index contributed by atoms with van der Waals surface area (Å²) in [5.74, 6) is 3.24. The lowest BCUT2D eigenvalue weighted by Gasteiger charge is -2.14. The molecule has 1 unspecified atom stereocenters. The second kappa shape index (κ2) is 15.8. The molecule has 0 spiro atoms. The molecule has 0 aliphatic rings. The van der Waals surface area contributed by atoms with Gasteiger partial charge in [0.15, 0.2) is 23.9 Å². The largest absolute Gasteiger partial charge is 0.493 e. The molecule has 0 aliphatic carbocycles. The van der Waals surface area contributed by atoms with E-state index in [2.05, 4.69) is 18.6 Å². The summed E-state index contributed by atoms with van der Waals surface area (Å²) >= 11 is 9.18. The predicted molar refractivity (Wildman–Crippen MR) is 152 cm³/mol. The Morgan fingerprint density at radius 2 is 1.78 bits per heavy atom. The Labute approximate surface area is 231 Å². The number of carbonyl (C=O) groups is 1. The van der Waals surface area contributed by atoms with Crippen LogP contribution in [0.1, 0.15) is 24.2 Å². The maximum atomic E-state index is 11.3. The highest BCUT2D eigenvalue weighted by atomic mass is 35.5. The Morgan fingerprint density at radius 3 is 2.30 bits per heavy atom. The third kappa shape index (κ3) is 8.72. The van der Waals surface area contributed by atoms with Gasteiger partial charge in [-0.2, -0.15) is 5.26 Å². The van der Waals surface area contributed by atoms with Crippen molar-refractivity contribution in [3.05, 3.63) is 70.7 Å². The van der Waals surface area contributed by atoms with Crippen molar-refractivity contribution in [2.24, 2.45) is 10.7 Å². The maximum absolute atomic E-state index is 11.3. The molecule has 7 nitrogen and oxygen atoms in total. The highest BCUT2D eigenvalue weighted by Gasteiger charge is 2.13. The zero-order valence-corrected chi connectivity index (χ0v) is 23.2. The number of halogens is 1. The number of rotatable bonds is 11. The highest BCUT2D eigenvalue weighted by Crippen LogP contribution is 2.39. The van der Waals surface area contributed by atoms with E-state index in [1.807, 2.05) is 36.4 Å². The number of aldehydes is 1. The molecule has 1 atom stereocenters. The van der Waals surface area contributed by atoms with E-state index < -0.39 is 6.10 Å². The monoisotopic (exact) mass is 557 g/mol. The molecule has 0 bridgehead atoms. The Balaban J connectivity index is 0.000000281. The van der Waals surface area contributed by atoms with Crippen molar-refractivity contribution < 1.29 is 19.0 Å². The fourth-order valence-electron chi connectivity index (χ4n) is 3.08. The quantitative estimate of drug-likeness (QED) is 0.120. The summed E-state index contributed by atoms with van der Waals surface area (Å²) in [7, 11) is 3.18. The molecule has 3 aromatic carbocycles. The van der Waals surface area contributed by atoms with Crippen molar-refractivity contribution in [1.29, 1.82) is 5.26 Å². The summed E-state index contributed by atoms with van der Waals surface area (Å²) in [4.78, 5) is 17.3. The summed E-state index contributed by atoms with van der Waals surface area (Å²) in [6.07, 6.45) is 0.0401. The van der Waals surface area contributed by atoms with Crippen molar-refractivity contribution in [3.8, 4) is 23.3 Å². The molecule has 0 radical (unpaired) electrons. The van der Waals surface area contributed by atoms with E-state index in [9.17, 15) is 4.79 Å². The van der Waals surface area contributed by atoms with Gasteiger partial charge in [-0.3, -0.25) is 9.79 Å². The Bertz CT molecular complexity index is 1230. The summed E-state index contributed by atoms with van der Waals surface area (Å²) in [5, 5.41) is 9.16. The van der Waals surface area contributed by atoms with E-state index >= 15 is 0 Å². The van der Waals surface area contributed by atoms with Crippen LogP contribution in [-0.2, 0) is 4.79 Å². The fraction of sp³-hybridized carbons (Fsp3) is 0.222. The van der Waals surface area contributed by atoms with Gasteiger partial charge < -0.3 is 19.9 Å². The summed E-state index contributed by atoms with van der Waals surface area (Å²) in [6.45, 7) is 5.59. The van der Waals surface area contributed by atoms with Crippen LogP contribution in [0.4, 0.5) is 5.69 Å². The minimum absolute atomic E-state index is 0.305. The van der Waals surface area contributed by atoms with Gasteiger partial charge >= 0.3 is 0 Å². The van der Waals surface area contributed by atoms with Gasteiger partial charge in [0.1, 0.15) is 11.8 Å². The molecule has 0 saturated carbocycles. The second-order valence-corrected chi connectivity index (χ2v) is 9.88. The summed E-state index contributed by atoms with van der Waals surface area (Å²) in [5.41, 5.74) is 7.37. The van der Waals surface area contributed by atoms with Crippen LogP contribution in [-0.4, -0.2) is 38.9 Å². The van der Waals surface area contributed by atoms with Gasteiger partial charge in [0.2, 0.25) is 0 Å². The van der Waals surface area contributed by atoms with E-state index in [4.69, 9.17) is 36.8 Å². The van der Waals surface area contributed by atoms with Gasteiger partial charge in [-0.15, -0.1) is 23.5 Å². The third-order valence-corrected chi connectivity index (χ3v) is 6.85. The predicted octanol–water partition coefficient (Wildman–Crippen LogP) is 6.69. The van der Waals surface area contributed by atoms with Crippen LogP contribution in [0.15, 0.2) is 69.4 Å². The molecule has 0 amide bonds. The number of nitrogens with two attached hydrogens (primary N) is 1. The van der Waals surface area contributed by atoms with Crippen LogP contribution in [0.3, 0.4) is 0 Å². The molecule has 0 heterocycles. The summed E-state index contributed by atoms with van der Waals surface area (Å²) < 4.78 is 16.0. The van der Waals surface area contributed by atoms with E-state index in [1.54, 1.807) is 44.2 Å². The van der Waals surface area contributed by atoms with Crippen LogP contribution in [0, 0.1) is 11.3 Å². The van der Waals surface area contributed by atoms with E-state index in [1.165, 1.54) is 17.8 Å². The fourth-order valence-corrected chi connectivity index (χ4v) is 4.60. The SMILES string of the molecule is C=Nc1cc(OC)c(OC)cc1SCN.CCSc1ccc(C(C=O)Oc2ccc(C#N)c(Cl)c2)cc1. The minimum atomic E-state index is -0.704. The maximum Gasteiger partial charge on any atom is 0.179 e. The van der Waals surface area contributed by atoms with E-state index in [-0.39, 0.29) is 0 Å². The zero-order chi connectivity index (χ0) is 27.2. The number of nitrogens with zero attached hydrogens (tertiary/aromatic N) is 2. The topological polar surface area (TPSA) is 107 Å². The lowest BCUT2D eigenvalue weighted by molar-refractivity contribution is -0.113. The second-order valence-electron chi connectivity index (χ2n) is 7.07. The molecule has 0 fully saturated rings. The minimum Gasteiger partial charge on any atom is -0.493 e. The Hall–Kier alpha value is -3.16. The van der Waals surface area contributed by atoms with E-state index in [0.717, 1.165) is 33.1 Å². The average Bonchev–Trinajstić information content (AvgIpc) is 2.92. The van der Waals surface area contributed by atoms with Crippen molar-refractivity contribution in [2.45, 2.75) is 22.8 Å². The van der Waals surface area contributed by atoms with Gasteiger partial charge in [0.05, 0.1) is 30.5 Å². The molecule has 3 rings (SSSR count).